The van der Waals surface area contributed by atoms with Gasteiger partial charge in [0.15, 0.2) is 0 Å². The third-order valence-electron chi connectivity index (χ3n) is 0.568. The average molecular weight is 70.1 g/mol. The fraction of sp³-hybridized carbons (Fsp3) is 0.667. The van der Waals surface area contributed by atoms with Gasteiger partial charge in [-0.25, -0.2) is 5.43 Å². The highest BCUT2D eigenvalue weighted by atomic mass is 15.4. The van der Waals surface area contributed by atoms with Gasteiger partial charge in [0.2, 0.25) is 0 Å². The molecule has 0 spiro atoms. The van der Waals surface area contributed by atoms with Gasteiger partial charge in [-0.1, -0.05) is 0 Å². The summed E-state index contributed by atoms with van der Waals surface area (Å²) in [6.07, 6.45) is 1.10. The van der Waals surface area contributed by atoms with Crippen molar-refractivity contribution in [1.82, 2.24) is 10.9 Å². The van der Waals surface area contributed by atoms with E-state index in [-0.39, 0.29) is 0 Å². The molecule has 2 nitrogen and oxygen atoms in total. The van der Waals surface area contributed by atoms with E-state index >= 15 is 0 Å². The van der Waals surface area contributed by atoms with Crippen LogP contribution in [0, 0.1) is 6.54 Å². The van der Waals surface area contributed by atoms with Crippen LogP contribution in [0.3, 0.4) is 0 Å². The van der Waals surface area contributed by atoms with Gasteiger partial charge in [0.1, 0.15) is 0 Å². The van der Waals surface area contributed by atoms with Gasteiger partial charge >= 0.3 is 0 Å². The molecule has 28 valence electrons. The van der Waals surface area contributed by atoms with Gasteiger partial charge in [0.25, 0.3) is 0 Å². The Morgan fingerprint density at radius 2 is 2.80 bits per heavy atom. The van der Waals surface area contributed by atoms with Crippen LogP contribution in [0.4, 0.5) is 0 Å². The second kappa shape index (κ2) is 1.38. The first-order valence-electron chi connectivity index (χ1n) is 1.74. The third-order valence-corrected chi connectivity index (χ3v) is 0.568. The lowest BCUT2D eigenvalue weighted by molar-refractivity contribution is 0.701. The Kier molecular flexibility index (Phi) is 0.862. The first-order chi connectivity index (χ1) is 2.50. The van der Waals surface area contributed by atoms with E-state index in [0.717, 1.165) is 13.0 Å². The zero-order chi connectivity index (χ0) is 3.54. The standard InChI is InChI=1S/C3H6N2/c1-2-4-5-3-1/h2,4H,1,3H2. The molecule has 0 unspecified atom stereocenters. The monoisotopic (exact) mass is 70.1 g/mol. The smallest absolute Gasteiger partial charge is 0.0410 e. The molecule has 1 fully saturated rings. The lowest BCUT2D eigenvalue weighted by Crippen LogP contribution is -2.09. The highest BCUT2D eigenvalue weighted by Gasteiger charge is 1.94. The summed E-state index contributed by atoms with van der Waals surface area (Å²) in [5.41, 5.74) is 6.50. The zero-order valence-electron chi connectivity index (χ0n) is 2.94. The van der Waals surface area contributed by atoms with Crippen LogP contribution in [0.15, 0.2) is 0 Å². The number of hydrogen-bond acceptors (Lipinski definition) is 1. The van der Waals surface area contributed by atoms with Gasteiger partial charge in [-0.3, -0.25) is 0 Å². The van der Waals surface area contributed by atoms with E-state index in [1.54, 1.807) is 0 Å². The molecule has 0 aromatic heterocycles. The van der Waals surface area contributed by atoms with Gasteiger partial charge in [-0.2, -0.15) is 5.43 Å². The van der Waals surface area contributed by atoms with Crippen molar-refractivity contribution in [3.8, 4) is 0 Å². The highest BCUT2D eigenvalue weighted by molar-refractivity contribution is 4.65. The van der Waals surface area contributed by atoms with Crippen LogP contribution in [0.5, 0.6) is 0 Å². The van der Waals surface area contributed by atoms with Gasteiger partial charge in [-0.15, -0.1) is 0 Å². The molecule has 1 heterocycles. The van der Waals surface area contributed by atoms with Crippen LogP contribution in [0.1, 0.15) is 6.42 Å². The molecule has 0 saturated carbocycles. The lowest BCUT2D eigenvalue weighted by Gasteiger charge is -1.76. The Hall–Kier alpha value is -0.0800. The first kappa shape index (κ1) is 3.12. The fourth-order valence-corrected chi connectivity index (χ4v) is 0.323. The van der Waals surface area contributed by atoms with E-state index in [9.17, 15) is 0 Å². The first-order valence-corrected chi connectivity index (χ1v) is 1.74. The van der Waals surface area contributed by atoms with Gasteiger partial charge in [0, 0.05) is 13.1 Å². The molecular formula is C3H6N2. The summed E-state index contributed by atoms with van der Waals surface area (Å²) in [6, 6.07) is 0. The maximum absolute atomic E-state index is 3.78. The highest BCUT2D eigenvalue weighted by Crippen LogP contribution is 1.84. The van der Waals surface area contributed by atoms with Crippen molar-refractivity contribution in [2.45, 2.75) is 6.42 Å². The summed E-state index contributed by atoms with van der Waals surface area (Å²) in [6.45, 7) is 2.90. The normalized spacial score (nSPS) is 24.0. The molecule has 2 radical (unpaired) electrons. The minimum absolute atomic E-state index is 0.958. The fourth-order valence-electron chi connectivity index (χ4n) is 0.323. The summed E-state index contributed by atoms with van der Waals surface area (Å²) in [5, 5.41) is 0. The predicted octanol–water partition coefficient (Wildman–Crippen LogP) is -0.339. The van der Waals surface area contributed by atoms with Crippen molar-refractivity contribution in [3.63, 3.8) is 0 Å². The summed E-state index contributed by atoms with van der Waals surface area (Å²) in [4.78, 5) is 0. The van der Waals surface area contributed by atoms with Crippen LogP contribution >= 0.6 is 0 Å². The van der Waals surface area contributed by atoms with Crippen LogP contribution in [-0.4, -0.2) is 6.54 Å². The molecular weight excluding hydrogens is 64.0 g/mol. The molecule has 5 heavy (non-hydrogen) atoms. The molecule has 0 aliphatic carbocycles. The number of rotatable bonds is 0. The van der Waals surface area contributed by atoms with Crippen LogP contribution in [-0.2, 0) is 0 Å². The maximum atomic E-state index is 3.78. The third kappa shape index (κ3) is 0.597. The molecule has 0 aromatic carbocycles. The molecule has 1 aliphatic rings. The van der Waals surface area contributed by atoms with Crippen LogP contribution < -0.4 is 10.9 Å². The Labute approximate surface area is 31.5 Å². The lowest BCUT2D eigenvalue weighted by atomic mass is 10.5. The summed E-state index contributed by atoms with van der Waals surface area (Å²) in [7, 11) is 0. The Bertz CT molecular complexity index is 16.5. The van der Waals surface area contributed by atoms with Gasteiger partial charge in [0.05, 0.1) is 0 Å². The van der Waals surface area contributed by atoms with Gasteiger partial charge < -0.3 is 0 Å². The number of nitrogens with zero attached hydrogens (tertiary/aromatic N) is 1. The molecule has 0 bridgehead atoms. The van der Waals surface area contributed by atoms with Gasteiger partial charge in [-0.05, 0) is 6.42 Å². The van der Waals surface area contributed by atoms with E-state index in [1.165, 1.54) is 0 Å². The van der Waals surface area contributed by atoms with Crippen molar-refractivity contribution in [2.24, 2.45) is 0 Å². The molecule has 0 atom stereocenters. The molecule has 1 saturated heterocycles. The van der Waals surface area contributed by atoms with Crippen molar-refractivity contribution < 1.29 is 0 Å². The SMILES string of the molecule is [CH]1CC[N]N1. The number of nitrogens with one attached hydrogen (secondary N) is 1. The van der Waals surface area contributed by atoms with E-state index in [0.29, 0.717) is 0 Å². The molecule has 1 N–H and O–H groups in total. The minimum atomic E-state index is 0.958. The van der Waals surface area contributed by atoms with E-state index in [2.05, 4.69) is 10.9 Å². The van der Waals surface area contributed by atoms with Crippen molar-refractivity contribution >= 4 is 0 Å². The van der Waals surface area contributed by atoms with E-state index in [4.69, 9.17) is 0 Å². The zero-order valence-corrected chi connectivity index (χ0v) is 2.94. The number of hydrogen-bond donors (Lipinski definition) is 1. The average Bonchev–Trinajstić information content (AvgIpc) is 1.76. The summed E-state index contributed by atoms with van der Waals surface area (Å²) >= 11 is 0. The predicted molar refractivity (Wildman–Crippen MR) is 19.1 cm³/mol. The second-order valence-electron chi connectivity index (χ2n) is 1.00. The molecule has 2 heteroatoms. The van der Waals surface area contributed by atoms with Crippen LogP contribution in [0.2, 0.25) is 0 Å². The molecule has 0 aromatic rings. The van der Waals surface area contributed by atoms with Crippen molar-refractivity contribution in [2.75, 3.05) is 6.54 Å². The van der Waals surface area contributed by atoms with E-state index < -0.39 is 0 Å². The van der Waals surface area contributed by atoms with Crippen molar-refractivity contribution in [3.05, 3.63) is 6.54 Å². The van der Waals surface area contributed by atoms with E-state index in [1.807, 2.05) is 6.54 Å². The largest absolute Gasteiger partial charge is 0.235 e. The minimum Gasteiger partial charge on any atom is -0.235 e. The summed E-state index contributed by atoms with van der Waals surface area (Å²) in [5.74, 6) is 0. The maximum Gasteiger partial charge on any atom is 0.0410 e. The van der Waals surface area contributed by atoms with Crippen molar-refractivity contribution in [1.29, 1.82) is 0 Å². The van der Waals surface area contributed by atoms with Crippen LogP contribution in [0.25, 0.3) is 0 Å². The second-order valence-corrected chi connectivity index (χ2v) is 1.00. The molecule has 0 amide bonds. The quantitative estimate of drug-likeness (QED) is 0.414. The molecule has 1 rings (SSSR count). The Balaban J connectivity index is 2.08. The Morgan fingerprint density at radius 3 is 3.00 bits per heavy atom. The molecule has 1 aliphatic heterocycles. The Morgan fingerprint density at radius 1 is 1.80 bits per heavy atom. The summed E-state index contributed by atoms with van der Waals surface area (Å²) < 4.78 is 0. The topological polar surface area (TPSA) is 26.1 Å².